The Morgan fingerprint density at radius 1 is 1.27 bits per heavy atom. The summed E-state index contributed by atoms with van der Waals surface area (Å²) in [5, 5.41) is 6.76. The minimum atomic E-state index is 0.114. The third-order valence-electron chi connectivity index (χ3n) is 4.63. The highest BCUT2D eigenvalue weighted by Gasteiger charge is 2.24. The normalized spacial score (nSPS) is 18.8. The van der Waals surface area contributed by atoms with E-state index in [1.807, 2.05) is 7.05 Å². The summed E-state index contributed by atoms with van der Waals surface area (Å²) < 4.78 is 5.57. The second-order valence-corrected chi connectivity index (χ2v) is 7.39. The maximum absolute atomic E-state index is 5.57. The molecule has 0 aromatic rings. The number of aliphatic imine (C=N–C) groups is 1. The molecule has 0 aliphatic heterocycles. The van der Waals surface area contributed by atoms with Crippen LogP contribution in [0.25, 0.3) is 0 Å². The van der Waals surface area contributed by atoms with Gasteiger partial charge in [0, 0.05) is 39.8 Å². The van der Waals surface area contributed by atoms with Crippen molar-refractivity contribution < 1.29 is 4.74 Å². The molecule has 0 bridgehead atoms. The first-order valence-electron chi connectivity index (χ1n) is 8.56. The second-order valence-electron chi connectivity index (χ2n) is 7.39. The molecule has 1 aliphatic rings. The number of nitrogens with one attached hydrogen (secondary N) is 2. The van der Waals surface area contributed by atoms with Gasteiger partial charge in [0.2, 0.25) is 0 Å². The SMILES string of the molecule is CN=C(NCCN(C)C1CCCC1)NCC(OC)C(C)(C)C. The summed E-state index contributed by atoms with van der Waals surface area (Å²) in [5.74, 6) is 0.853. The van der Waals surface area contributed by atoms with Gasteiger partial charge in [-0.05, 0) is 25.3 Å². The van der Waals surface area contributed by atoms with Crippen molar-refractivity contribution in [2.24, 2.45) is 10.4 Å². The average molecular weight is 313 g/mol. The Kier molecular flexibility index (Phi) is 8.18. The van der Waals surface area contributed by atoms with Gasteiger partial charge in [0.25, 0.3) is 0 Å². The Balaban J connectivity index is 2.27. The summed E-state index contributed by atoms with van der Waals surface area (Å²) in [6.07, 6.45) is 5.63. The maximum Gasteiger partial charge on any atom is 0.191 e. The van der Waals surface area contributed by atoms with Gasteiger partial charge in [0.1, 0.15) is 0 Å². The van der Waals surface area contributed by atoms with Crippen LogP contribution in [0.15, 0.2) is 4.99 Å². The van der Waals surface area contributed by atoms with E-state index in [-0.39, 0.29) is 11.5 Å². The zero-order valence-electron chi connectivity index (χ0n) is 15.4. The van der Waals surface area contributed by atoms with Crippen LogP contribution in [0.5, 0.6) is 0 Å². The van der Waals surface area contributed by atoms with Gasteiger partial charge < -0.3 is 20.3 Å². The van der Waals surface area contributed by atoms with Gasteiger partial charge in [0.05, 0.1) is 6.10 Å². The largest absolute Gasteiger partial charge is 0.379 e. The lowest BCUT2D eigenvalue weighted by molar-refractivity contribution is 0.0205. The third kappa shape index (κ3) is 6.53. The monoisotopic (exact) mass is 312 g/mol. The fourth-order valence-electron chi connectivity index (χ4n) is 3.03. The predicted molar refractivity (Wildman–Crippen MR) is 94.5 cm³/mol. The molecule has 0 spiro atoms. The highest BCUT2D eigenvalue weighted by molar-refractivity contribution is 5.79. The molecule has 22 heavy (non-hydrogen) atoms. The molecule has 0 amide bonds. The number of likely N-dealkylation sites (N-methyl/N-ethyl adjacent to an activating group) is 1. The van der Waals surface area contributed by atoms with E-state index in [1.54, 1.807) is 7.11 Å². The van der Waals surface area contributed by atoms with Gasteiger partial charge in [-0.25, -0.2) is 0 Å². The molecule has 1 fully saturated rings. The molecule has 1 saturated carbocycles. The molecule has 2 N–H and O–H groups in total. The minimum Gasteiger partial charge on any atom is -0.379 e. The van der Waals surface area contributed by atoms with Crippen LogP contribution >= 0.6 is 0 Å². The van der Waals surface area contributed by atoms with Crippen LogP contribution < -0.4 is 10.6 Å². The fraction of sp³-hybridized carbons (Fsp3) is 0.941. The highest BCUT2D eigenvalue weighted by atomic mass is 16.5. The van der Waals surface area contributed by atoms with Crippen LogP contribution in [0.2, 0.25) is 0 Å². The van der Waals surface area contributed by atoms with E-state index >= 15 is 0 Å². The summed E-state index contributed by atoms with van der Waals surface area (Å²) >= 11 is 0. The smallest absolute Gasteiger partial charge is 0.191 e. The van der Waals surface area contributed by atoms with Crippen molar-refractivity contribution in [2.75, 3.05) is 40.8 Å². The summed E-state index contributed by atoms with van der Waals surface area (Å²) in [5.41, 5.74) is 0.114. The summed E-state index contributed by atoms with van der Waals surface area (Å²) in [7, 11) is 5.81. The number of hydrogen-bond acceptors (Lipinski definition) is 3. The maximum atomic E-state index is 5.57. The summed E-state index contributed by atoms with van der Waals surface area (Å²) in [6, 6.07) is 0.774. The van der Waals surface area contributed by atoms with Gasteiger partial charge in [-0.3, -0.25) is 4.99 Å². The van der Waals surface area contributed by atoms with E-state index in [2.05, 4.69) is 48.3 Å². The zero-order valence-corrected chi connectivity index (χ0v) is 15.4. The molecule has 130 valence electrons. The molecular formula is C17H36N4O. The number of methoxy groups -OCH3 is 1. The standard InChI is InChI=1S/C17H36N4O/c1-17(2,3)15(22-6)13-20-16(18-4)19-11-12-21(5)14-9-7-8-10-14/h14-15H,7-13H2,1-6H3,(H2,18,19,20). The fourth-order valence-corrected chi connectivity index (χ4v) is 3.03. The minimum absolute atomic E-state index is 0.114. The van der Waals surface area contributed by atoms with Crippen LogP contribution in [0.3, 0.4) is 0 Å². The first kappa shape index (κ1) is 19.2. The number of guanidine groups is 1. The van der Waals surface area contributed by atoms with Gasteiger partial charge in [-0.2, -0.15) is 0 Å². The van der Waals surface area contributed by atoms with Gasteiger partial charge in [-0.15, -0.1) is 0 Å². The molecule has 0 saturated heterocycles. The molecule has 1 aliphatic carbocycles. The zero-order chi connectivity index (χ0) is 16.6. The Hall–Kier alpha value is -0.810. The Bertz CT molecular complexity index is 332. The van der Waals surface area contributed by atoms with E-state index in [4.69, 9.17) is 4.74 Å². The lowest BCUT2D eigenvalue weighted by Crippen LogP contribution is -2.47. The van der Waals surface area contributed by atoms with Crippen LogP contribution in [0, 0.1) is 5.41 Å². The Labute approximate surface area is 136 Å². The van der Waals surface area contributed by atoms with Crippen molar-refractivity contribution in [3.63, 3.8) is 0 Å². The van der Waals surface area contributed by atoms with Crippen LogP contribution in [0.4, 0.5) is 0 Å². The van der Waals surface area contributed by atoms with Gasteiger partial charge in [0.15, 0.2) is 5.96 Å². The van der Waals surface area contributed by atoms with Crippen molar-refractivity contribution in [3.8, 4) is 0 Å². The second kappa shape index (κ2) is 9.36. The number of nitrogens with zero attached hydrogens (tertiary/aromatic N) is 2. The van der Waals surface area contributed by atoms with Gasteiger partial charge >= 0.3 is 0 Å². The first-order valence-corrected chi connectivity index (χ1v) is 8.56. The summed E-state index contributed by atoms with van der Waals surface area (Å²) in [6.45, 7) is 9.30. The number of ether oxygens (including phenoxy) is 1. The highest BCUT2D eigenvalue weighted by Crippen LogP contribution is 2.22. The molecule has 0 aromatic carbocycles. The molecule has 0 radical (unpaired) electrons. The molecule has 0 aromatic heterocycles. The average Bonchev–Trinajstić information content (AvgIpc) is 2.98. The van der Waals surface area contributed by atoms with Gasteiger partial charge in [-0.1, -0.05) is 33.6 Å². The van der Waals surface area contributed by atoms with E-state index in [1.165, 1.54) is 25.7 Å². The van der Waals surface area contributed by atoms with E-state index in [0.717, 1.165) is 31.6 Å². The van der Waals surface area contributed by atoms with Crippen molar-refractivity contribution in [2.45, 2.75) is 58.6 Å². The Morgan fingerprint density at radius 2 is 1.91 bits per heavy atom. The quantitative estimate of drug-likeness (QED) is 0.558. The molecule has 0 heterocycles. The predicted octanol–water partition coefficient (Wildman–Crippen LogP) is 2.09. The molecule has 5 nitrogen and oxygen atoms in total. The topological polar surface area (TPSA) is 48.9 Å². The third-order valence-corrected chi connectivity index (χ3v) is 4.63. The molecule has 1 atom stereocenters. The van der Waals surface area contributed by atoms with Crippen molar-refractivity contribution in [1.29, 1.82) is 0 Å². The van der Waals surface area contributed by atoms with E-state index in [0.29, 0.717) is 0 Å². The summed E-state index contributed by atoms with van der Waals surface area (Å²) in [4.78, 5) is 6.76. The van der Waals surface area contributed by atoms with Crippen LogP contribution in [0.1, 0.15) is 46.5 Å². The molecule has 1 unspecified atom stereocenters. The van der Waals surface area contributed by atoms with Crippen LogP contribution in [-0.2, 0) is 4.74 Å². The van der Waals surface area contributed by atoms with Crippen LogP contribution in [-0.4, -0.2) is 63.8 Å². The van der Waals surface area contributed by atoms with Crippen molar-refractivity contribution in [1.82, 2.24) is 15.5 Å². The van der Waals surface area contributed by atoms with Crippen molar-refractivity contribution in [3.05, 3.63) is 0 Å². The first-order chi connectivity index (χ1) is 10.4. The lowest BCUT2D eigenvalue weighted by Gasteiger charge is -2.30. The number of rotatable bonds is 7. The molecular weight excluding hydrogens is 276 g/mol. The van der Waals surface area contributed by atoms with Crippen molar-refractivity contribution >= 4 is 5.96 Å². The number of hydrogen-bond donors (Lipinski definition) is 2. The molecule has 5 heteroatoms. The van der Waals surface area contributed by atoms with E-state index in [9.17, 15) is 0 Å². The lowest BCUT2D eigenvalue weighted by atomic mass is 9.89. The Morgan fingerprint density at radius 3 is 2.41 bits per heavy atom. The van der Waals surface area contributed by atoms with E-state index < -0.39 is 0 Å². The molecule has 1 rings (SSSR count).